The number of hydrogen-bond acceptors (Lipinski definition) is 2. The normalized spacial score (nSPS) is 12.2. The summed E-state index contributed by atoms with van der Waals surface area (Å²) in [6.45, 7) is 2.32. The maximum Gasteiger partial charge on any atom is 0.124 e. The molecule has 0 spiro atoms. The lowest BCUT2D eigenvalue weighted by Crippen LogP contribution is -2.08. The number of halogens is 2. The third-order valence-corrected chi connectivity index (χ3v) is 3.39. The van der Waals surface area contributed by atoms with Crippen LogP contribution in [0.4, 0.5) is 0 Å². The van der Waals surface area contributed by atoms with Crippen LogP contribution in [0.3, 0.4) is 0 Å². The van der Waals surface area contributed by atoms with Gasteiger partial charge < -0.3 is 10.5 Å². The average molecular weight is 296 g/mol. The van der Waals surface area contributed by atoms with E-state index in [0.717, 1.165) is 16.9 Å². The minimum absolute atomic E-state index is 0.0723. The van der Waals surface area contributed by atoms with Gasteiger partial charge in [-0.25, -0.2) is 0 Å². The first kappa shape index (κ1) is 14.2. The fourth-order valence-corrected chi connectivity index (χ4v) is 2.25. The van der Waals surface area contributed by atoms with Crippen molar-refractivity contribution in [3.63, 3.8) is 0 Å². The number of hydrogen-bond donors (Lipinski definition) is 1. The molecule has 19 heavy (non-hydrogen) atoms. The molecule has 0 bridgehead atoms. The second kappa shape index (κ2) is 6.29. The number of nitrogens with two attached hydrogens (primary N) is 1. The van der Waals surface area contributed by atoms with Gasteiger partial charge in [-0.3, -0.25) is 0 Å². The van der Waals surface area contributed by atoms with Crippen LogP contribution in [0.5, 0.6) is 5.75 Å². The Morgan fingerprint density at radius 1 is 1.16 bits per heavy atom. The highest BCUT2D eigenvalue weighted by Crippen LogP contribution is 2.26. The van der Waals surface area contributed by atoms with E-state index in [1.165, 1.54) is 0 Å². The van der Waals surface area contributed by atoms with Crippen LogP contribution in [0.15, 0.2) is 42.5 Å². The van der Waals surface area contributed by atoms with Crippen molar-refractivity contribution in [2.75, 3.05) is 0 Å². The molecule has 0 radical (unpaired) electrons. The second-order valence-corrected chi connectivity index (χ2v) is 5.19. The molecular weight excluding hydrogens is 281 g/mol. The van der Waals surface area contributed by atoms with Gasteiger partial charge in [0.15, 0.2) is 0 Å². The second-order valence-electron chi connectivity index (χ2n) is 4.35. The first-order valence-corrected chi connectivity index (χ1v) is 6.74. The number of ether oxygens (including phenoxy) is 1. The first-order chi connectivity index (χ1) is 9.08. The quantitative estimate of drug-likeness (QED) is 0.895. The number of para-hydroxylation sites is 1. The number of rotatable bonds is 4. The van der Waals surface area contributed by atoms with Crippen LogP contribution in [0.25, 0.3) is 0 Å². The molecule has 2 aromatic rings. The van der Waals surface area contributed by atoms with Gasteiger partial charge in [-0.2, -0.15) is 0 Å². The summed E-state index contributed by atoms with van der Waals surface area (Å²) in [7, 11) is 0. The van der Waals surface area contributed by atoms with Gasteiger partial charge in [-0.15, -0.1) is 0 Å². The standard InChI is InChI=1S/C15H15Cl2NO/c1-10(18)13-4-2-3-5-15(13)19-9-11-6-7-12(16)8-14(11)17/h2-8,10H,9,18H2,1H3/t10-/m0/s1. The molecule has 0 aliphatic heterocycles. The van der Waals surface area contributed by atoms with Crippen molar-refractivity contribution in [2.24, 2.45) is 5.73 Å². The summed E-state index contributed by atoms with van der Waals surface area (Å²) >= 11 is 12.0. The Balaban J connectivity index is 2.14. The van der Waals surface area contributed by atoms with Gasteiger partial charge in [0.1, 0.15) is 12.4 Å². The molecule has 2 aromatic carbocycles. The summed E-state index contributed by atoms with van der Waals surface area (Å²) in [6.07, 6.45) is 0. The summed E-state index contributed by atoms with van der Waals surface area (Å²) in [5, 5.41) is 1.22. The van der Waals surface area contributed by atoms with Crippen LogP contribution < -0.4 is 10.5 Å². The number of benzene rings is 2. The zero-order valence-electron chi connectivity index (χ0n) is 10.6. The summed E-state index contributed by atoms with van der Waals surface area (Å²) in [6, 6.07) is 13.0. The van der Waals surface area contributed by atoms with Crippen LogP contribution in [-0.2, 0) is 6.61 Å². The van der Waals surface area contributed by atoms with Crippen LogP contribution in [0.1, 0.15) is 24.1 Å². The van der Waals surface area contributed by atoms with E-state index in [9.17, 15) is 0 Å². The largest absolute Gasteiger partial charge is 0.489 e. The molecular formula is C15H15Cl2NO. The maximum absolute atomic E-state index is 6.11. The fourth-order valence-electron chi connectivity index (χ4n) is 1.78. The Kier molecular flexibility index (Phi) is 4.70. The van der Waals surface area contributed by atoms with Crippen molar-refractivity contribution in [1.29, 1.82) is 0 Å². The van der Waals surface area contributed by atoms with Gasteiger partial charge in [-0.1, -0.05) is 47.5 Å². The van der Waals surface area contributed by atoms with Crippen molar-refractivity contribution in [3.8, 4) is 5.75 Å². The molecule has 1 atom stereocenters. The van der Waals surface area contributed by atoms with Crippen molar-refractivity contribution in [3.05, 3.63) is 63.6 Å². The van der Waals surface area contributed by atoms with Crippen molar-refractivity contribution in [2.45, 2.75) is 19.6 Å². The lowest BCUT2D eigenvalue weighted by molar-refractivity contribution is 0.301. The van der Waals surface area contributed by atoms with E-state index in [2.05, 4.69) is 0 Å². The van der Waals surface area contributed by atoms with Crippen molar-refractivity contribution < 1.29 is 4.74 Å². The van der Waals surface area contributed by atoms with Gasteiger partial charge in [-0.05, 0) is 25.1 Å². The summed E-state index contributed by atoms with van der Waals surface area (Å²) in [5.41, 5.74) is 7.78. The highest BCUT2D eigenvalue weighted by Gasteiger charge is 2.08. The van der Waals surface area contributed by atoms with E-state index >= 15 is 0 Å². The van der Waals surface area contributed by atoms with Gasteiger partial charge in [0.2, 0.25) is 0 Å². The first-order valence-electron chi connectivity index (χ1n) is 5.99. The van der Waals surface area contributed by atoms with Gasteiger partial charge in [0.05, 0.1) is 0 Å². The molecule has 2 nitrogen and oxygen atoms in total. The molecule has 0 unspecified atom stereocenters. The minimum Gasteiger partial charge on any atom is -0.489 e. The molecule has 0 amide bonds. The molecule has 0 fully saturated rings. The van der Waals surface area contributed by atoms with E-state index < -0.39 is 0 Å². The van der Waals surface area contributed by atoms with Gasteiger partial charge in [0.25, 0.3) is 0 Å². The van der Waals surface area contributed by atoms with E-state index in [0.29, 0.717) is 16.7 Å². The molecule has 4 heteroatoms. The lowest BCUT2D eigenvalue weighted by Gasteiger charge is -2.14. The van der Waals surface area contributed by atoms with E-state index in [4.69, 9.17) is 33.7 Å². The van der Waals surface area contributed by atoms with Crippen molar-refractivity contribution >= 4 is 23.2 Å². The molecule has 0 aliphatic rings. The predicted octanol–water partition coefficient (Wildman–Crippen LogP) is 4.59. The van der Waals surface area contributed by atoms with Gasteiger partial charge in [0, 0.05) is 27.2 Å². The Labute approximate surface area is 123 Å². The Morgan fingerprint density at radius 2 is 1.89 bits per heavy atom. The van der Waals surface area contributed by atoms with Crippen LogP contribution in [-0.4, -0.2) is 0 Å². The molecule has 2 rings (SSSR count). The topological polar surface area (TPSA) is 35.2 Å². The smallest absolute Gasteiger partial charge is 0.124 e. The zero-order valence-corrected chi connectivity index (χ0v) is 12.1. The molecule has 2 N–H and O–H groups in total. The molecule has 100 valence electrons. The fraction of sp³-hybridized carbons (Fsp3) is 0.200. The van der Waals surface area contributed by atoms with Crippen LogP contribution in [0, 0.1) is 0 Å². The summed E-state index contributed by atoms with van der Waals surface area (Å²) < 4.78 is 5.80. The maximum atomic E-state index is 6.11. The van der Waals surface area contributed by atoms with E-state index in [-0.39, 0.29) is 6.04 Å². The Morgan fingerprint density at radius 3 is 2.58 bits per heavy atom. The third-order valence-electron chi connectivity index (χ3n) is 2.81. The molecule has 0 saturated heterocycles. The predicted molar refractivity (Wildman–Crippen MR) is 79.8 cm³/mol. The SMILES string of the molecule is C[C@H](N)c1ccccc1OCc1ccc(Cl)cc1Cl. The highest BCUT2D eigenvalue weighted by molar-refractivity contribution is 6.35. The average Bonchev–Trinajstić information content (AvgIpc) is 2.38. The molecule has 0 heterocycles. The Bertz CT molecular complexity index is 570. The van der Waals surface area contributed by atoms with Crippen LogP contribution in [0.2, 0.25) is 10.0 Å². The highest BCUT2D eigenvalue weighted by atomic mass is 35.5. The molecule has 0 aliphatic carbocycles. The summed E-state index contributed by atoms with van der Waals surface area (Å²) in [5.74, 6) is 0.781. The zero-order chi connectivity index (χ0) is 13.8. The van der Waals surface area contributed by atoms with Crippen molar-refractivity contribution in [1.82, 2.24) is 0 Å². The lowest BCUT2D eigenvalue weighted by atomic mass is 10.1. The van der Waals surface area contributed by atoms with E-state index in [1.807, 2.05) is 37.3 Å². The molecule has 0 aromatic heterocycles. The molecule has 0 saturated carbocycles. The minimum atomic E-state index is -0.0723. The monoisotopic (exact) mass is 295 g/mol. The van der Waals surface area contributed by atoms with E-state index in [1.54, 1.807) is 12.1 Å². The third kappa shape index (κ3) is 3.63. The van der Waals surface area contributed by atoms with Crippen LogP contribution >= 0.6 is 23.2 Å². The Hall–Kier alpha value is -1.22. The summed E-state index contributed by atoms with van der Waals surface area (Å²) in [4.78, 5) is 0. The van der Waals surface area contributed by atoms with Gasteiger partial charge >= 0.3 is 0 Å².